The number of carbonyl (C=O) groups is 1. The molecule has 21 heavy (non-hydrogen) atoms. The summed E-state index contributed by atoms with van der Waals surface area (Å²) in [5, 5.41) is 0. The molecule has 0 spiro atoms. The number of amides is 1. The van der Waals surface area contributed by atoms with Gasteiger partial charge in [-0.15, -0.1) is 0 Å². The first-order valence-electron chi connectivity index (χ1n) is 8.80. The Morgan fingerprint density at radius 3 is 2.00 bits per heavy atom. The molecule has 3 heteroatoms. The molecule has 0 unspecified atom stereocenters. The monoisotopic (exact) mass is 290 g/mol. The van der Waals surface area contributed by atoms with Crippen LogP contribution in [0.2, 0.25) is 0 Å². The van der Waals surface area contributed by atoms with Gasteiger partial charge in [0.2, 0.25) is 5.91 Å². The third-order valence-electron chi connectivity index (χ3n) is 6.87. The summed E-state index contributed by atoms with van der Waals surface area (Å²) in [6, 6.07) is 0. The first-order chi connectivity index (χ1) is 9.82. The lowest BCUT2D eigenvalue weighted by molar-refractivity contribution is -0.180. The molecule has 4 bridgehead atoms. The molecule has 4 aliphatic carbocycles. The van der Waals surface area contributed by atoms with Crippen LogP contribution in [0.25, 0.3) is 0 Å². The Hall–Kier alpha value is -0.570. The predicted octanol–water partition coefficient (Wildman–Crippen LogP) is 2.76. The van der Waals surface area contributed by atoms with E-state index in [1.165, 1.54) is 25.7 Å². The number of likely N-dealkylation sites (N-methyl/N-ethyl adjacent to an activating group) is 1. The van der Waals surface area contributed by atoms with E-state index in [2.05, 4.69) is 30.7 Å². The third kappa shape index (κ3) is 2.15. The molecule has 1 saturated heterocycles. The van der Waals surface area contributed by atoms with Crippen molar-refractivity contribution in [3.8, 4) is 0 Å². The normalized spacial score (nSPS) is 49.7. The molecule has 5 aliphatic rings. The van der Waals surface area contributed by atoms with Crippen LogP contribution in [0.4, 0.5) is 0 Å². The van der Waals surface area contributed by atoms with Gasteiger partial charge in [-0.25, -0.2) is 0 Å². The summed E-state index contributed by atoms with van der Waals surface area (Å²) in [6.07, 6.45) is 7.62. The first-order valence-corrected chi connectivity index (χ1v) is 8.80. The molecule has 2 atom stereocenters. The maximum absolute atomic E-state index is 13.4. The number of nitrogens with zero attached hydrogens (tertiary/aromatic N) is 2. The maximum atomic E-state index is 13.4. The summed E-state index contributed by atoms with van der Waals surface area (Å²) in [6.45, 7) is 8.88. The summed E-state index contributed by atoms with van der Waals surface area (Å²) in [5.41, 5.74) is 0.881. The molecule has 1 aliphatic heterocycles. The lowest BCUT2D eigenvalue weighted by Gasteiger charge is -2.65. The van der Waals surface area contributed by atoms with E-state index in [0.29, 0.717) is 16.7 Å². The fourth-order valence-corrected chi connectivity index (χ4v) is 7.03. The molecule has 0 radical (unpaired) electrons. The summed E-state index contributed by atoms with van der Waals surface area (Å²) in [5.74, 6) is 1.32. The van der Waals surface area contributed by atoms with E-state index in [1.807, 2.05) is 0 Å². The average Bonchev–Trinajstić information content (AvgIpc) is 2.34. The van der Waals surface area contributed by atoms with E-state index in [-0.39, 0.29) is 5.41 Å². The fraction of sp³-hybridized carbons (Fsp3) is 0.944. The SMILES string of the molecule is CN1CCN(C(=O)C23CC4C[C@](C)(C2)C[C@](C)(C4)C3)CC1. The van der Waals surface area contributed by atoms with Gasteiger partial charge in [0, 0.05) is 26.2 Å². The van der Waals surface area contributed by atoms with Crippen LogP contribution in [0.1, 0.15) is 52.4 Å². The van der Waals surface area contributed by atoms with Gasteiger partial charge in [-0.3, -0.25) is 4.79 Å². The second kappa shape index (κ2) is 4.24. The van der Waals surface area contributed by atoms with Crippen LogP contribution in [-0.4, -0.2) is 48.9 Å². The number of rotatable bonds is 1. The number of hydrogen-bond donors (Lipinski definition) is 0. The van der Waals surface area contributed by atoms with Gasteiger partial charge < -0.3 is 9.80 Å². The topological polar surface area (TPSA) is 23.6 Å². The average molecular weight is 290 g/mol. The molecule has 1 amide bonds. The fourth-order valence-electron chi connectivity index (χ4n) is 7.03. The molecule has 118 valence electrons. The summed E-state index contributed by atoms with van der Waals surface area (Å²) < 4.78 is 0. The number of hydrogen-bond acceptors (Lipinski definition) is 2. The molecular weight excluding hydrogens is 260 g/mol. The smallest absolute Gasteiger partial charge is 0.228 e. The van der Waals surface area contributed by atoms with Crippen LogP contribution < -0.4 is 0 Å². The van der Waals surface area contributed by atoms with Crippen molar-refractivity contribution < 1.29 is 4.79 Å². The highest BCUT2D eigenvalue weighted by atomic mass is 16.2. The van der Waals surface area contributed by atoms with E-state index < -0.39 is 0 Å². The van der Waals surface area contributed by atoms with Crippen LogP contribution >= 0.6 is 0 Å². The molecule has 1 heterocycles. The zero-order chi connectivity index (χ0) is 14.9. The standard InChI is InChI=1S/C18H30N2O/c1-16-8-14-9-17(2,11-16)13-18(10-14,12-16)15(21)20-6-4-19(3)5-7-20/h14H,4-13H2,1-3H3/t14?,16-,17-,18?/m0/s1. The molecule has 0 aromatic rings. The second-order valence-electron chi connectivity index (χ2n) is 9.51. The van der Waals surface area contributed by atoms with Crippen molar-refractivity contribution in [1.29, 1.82) is 0 Å². The summed E-state index contributed by atoms with van der Waals surface area (Å²) in [4.78, 5) is 17.9. The van der Waals surface area contributed by atoms with Gasteiger partial charge in [-0.05, 0) is 62.3 Å². The zero-order valence-electron chi connectivity index (χ0n) is 14.0. The van der Waals surface area contributed by atoms with Crippen molar-refractivity contribution in [2.24, 2.45) is 22.2 Å². The molecule has 5 fully saturated rings. The molecule has 3 nitrogen and oxygen atoms in total. The van der Waals surface area contributed by atoms with Gasteiger partial charge in [0.15, 0.2) is 0 Å². The third-order valence-corrected chi connectivity index (χ3v) is 6.87. The molecule has 4 saturated carbocycles. The Kier molecular flexibility index (Phi) is 2.84. The summed E-state index contributed by atoms with van der Waals surface area (Å²) >= 11 is 0. The second-order valence-corrected chi connectivity index (χ2v) is 9.51. The van der Waals surface area contributed by atoms with Crippen molar-refractivity contribution in [3.63, 3.8) is 0 Å². The maximum Gasteiger partial charge on any atom is 0.228 e. The molecular formula is C18H30N2O. The van der Waals surface area contributed by atoms with Crippen molar-refractivity contribution in [3.05, 3.63) is 0 Å². The van der Waals surface area contributed by atoms with Gasteiger partial charge in [0.1, 0.15) is 0 Å². The van der Waals surface area contributed by atoms with Gasteiger partial charge in [-0.2, -0.15) is 0 Å². The minimum absolute atomic E-state index is 0.00116. The Morgan fingerprint density at radius 1 is 0.905 bits per heavy atom. The van der Waals surface area contributed by atoms with Crippen LogP contribution in [0.15, 0.2) is 0 Å². The van der Waals surface area contributed by atoms with E-state index in [9.17, 15) is 4.79 Å². The van der Waals surface area contributed by atoms with Crippen molar-refractivity contribution in [1.82, 2.24) is 9.80 Å². The predicted molar refractivity (Wildman–Crippen MR) is 83.9 cm³/mol. The number of piperazine rings is 1. The Morgan fingerprint density at radius 2 is 1.48 bits per heavy atom. The highest BCUT2D eigenvalue weighted by molar-refractivity contribution is 5.83. The van der Waals surface area contributed by atoms with Gasteiger partial charge in [-0.1, -0.05) is 13.8 Å². The Labute approximate surface area is 129 Å². The lowest BCUT2D eigenvalue weighted by Crippen LogP contribution is -2.62. The van der Waals surface area contributed by atoms with Crippen molar-refractivity contribution in [2.45, 2.75) is 52.4 Å². The Balaban J connectivity index is 1.60. The van der Waals surface area contributed by atoms with Gasteiger partial charge >= 0.3 is 0 Å². The van der Waals surface area contributed by atoms with E-state index in [4.69, 9.17) is 0 Å². The van der Waals surface area contributed by atoms with Gasteiger partial charge in [0.05, 0.1) is 5.41 Å². The van der Waals surface area contributed by atoms with E-state index >= 15 is 0 Å². The quantitative estimate of drug-likeness (QED) is 0.741. The first kappa shape index (κ1) is 14.0. The molecule has 0 aromatic carbocycles. The van der Waals surface area contributed by atoms with Gasteiger partial charge in [0.25, 0.3) is 0 Å². The minimum atomic E-state index is -0.00116. The molecule has 0 N–H and O–H groups in total. The largest absolute Gasteiger partial charge is 0.340 e. The van der Waals surface area contributed by atoms with Crippen molar-refractivity contribution >= 4 is 5.91 Å². The zero-order valence-corrected chi connectivity index (χ0v) is 14.0. The van der Waals surface area contributed by atoms with Crippen LogP contribution in [0.5, 0.6) is 0 Å². The van der Waals surface area contributed by atoms with E-state index in [0.717, 1.165) is 44.9 Å². The summed E-state index contributed by atoms with van der Waals surface area (Å²) in [7, 11) is 2.16. The molecule has 5 rings (SSSR count). The minimum Gasteiger partial charge on any atom is -0.340 e. The van der Waals surface area contributed by atoms with Crippen LogP contribution in [0, 0.1) is 22.2 Å². The highest BCUT2D eigenvalue weighted by Crippen LogP contribution is 2.69. The highest BCUT2D eigenvalue weighted by Gasteiger charge is 2.63. The lowest BCUT2D eigenvalue weighted by atomic mass is 9.40. The van der Waals surface area contributed by atoms with E-state index in [1.54, 1.807) is 0 Å². The molecule has 0 aromatic heterocycles. The number of carbonyl (C=O) groups excluding carboxylic acids is 1. The Bertz CT molecular complexity index is 448. The van der Waals surface area contributed by atoms with Crippen LogP contribution in [-0.2, 0) is 4.79 Å². The van der Waals surface area contributed by atoms with Crippen molar-refractivity contribution in [2.75, 3.05) is 33.2 Å². The van der Waals surface area contributed by atoms with Crippen LogP contribution in [0.3, 0.4) is 0 Å².